The maximum atomic E-state index is 12.7. The van der Waals surface area contributed by atoms with Gasteiger partial charge in [-0.3, -0.25) is 24.5 Å². The van der Waals surface area contributed by atoms with E-state index in [-0.39, 0.29) is 22.6 Å². The highest BCUT2D eigenvalue weighted by atomic mass is 32.2. The molecule has 2 saturated heterocycles. The monoisotopic (exact) mass is 469 g/mol. The lowest BCUT2D eigenvalue weighted by Gasteiger charge is -2.43. The summed E-state index contributed by atoms with van der Waals surface area (Å²) in [7, 11) is 0. The van der Waals surface area contributed by atoms with Crippen molar-refractivity contribution in [3.05, 3.63) is 75.3 Å². The number of carbonyl (C=O) groups excluding carboxylic acids is 3. The van der Waals surface area contributed by atoms with Crippen molar-refractivity contribution < 1.29 is 29.2 Å². The molecule has 10 nitrogen and oxygen atoms in total. The highest BCUT2D eigenvalue weighted by molar-refractivity contribution is 8.01. The molecule has 0 unspecified atom stereocenters. The molecule has 4 rings (SSSR count). The van der Waals surface area contributed by atoms with Crippen LogP contribution in [0.2, 0.25) is 0 Å². The lowest BCUT2D eigenvalue weighted by molar-refractivity contribution is -0.384. The van der Waals surface area contributed by atoms with Crippen molar-refractivity contribution in [2.24, 2.45) is 0 Å². The molecule has 0 aromatic heterocycles. The number of hydrogen-bond donors (Lipinski definition) is 2. The van der Waals surface area contributed by atoms with Crippen molar-refractivity contribution in [2.45, 2.75) is 36.1 Å². The minimum absolute atomic E-state index is 0.124. The van der Waals surface area contributed by atoms with Gasteiger partial charge in [0.15, 0.2) is 5.78 Å². The van der Waals surface area contributed by atoms with Crippen LogP contribution in [0.1, 0.15) is 40.1 Å². The van der Waals surface area contributed by atoms with Gasteiger partial charge in [0, 0.05) is 33.6 Å². The summed E-state index contributed by atoms with van der Waals surface area (Å²) in [6, 6.07) is 9.23. The minimum Gasteiger partial charge on any atom is -0.480 e. The third-order valence-corrected chi connectivity index (χ3v) is 7.28. The van der Waals surface area contributed by atoms with E-state index in [0.29, 0.717) is 5.56 Å². The van der Waals surface area contributed by atoms with Crippen molar-refractivity contribution in [3.8, 4) is 0 Å². The predicted molar refractivity (Wildman–Crippen MR) is 118 cm³/mol. The number of thioether (sulfide) groups is 1. The standard InChI is InChI=1S/C22H19N3O7S/c1-22(2)17(21(29)30)24-19(28)15(20(24)33-22)23-18(27)13-5-3-11(4-6-13)16(26)12-7-9-14(10-8-12)25(31)32/h3-10,15,17,20H,1-2H3,(H,23,27)(H,29,30)/t15-,17+,20-/m1/s1. The fourth-order valence-electron chi connectivity index (χ4n) is 4.04. The van der Waals surface area contributed by atoms with Crippen LogP contribution in [0, 0.1) is 10.1 Å². The molecule has 11 heteroatoms. The number of ketones is 1. The van der Waals surface area contributed by atoms with Gasteiger partial charge in [0.2, 0.25) is 5.91 Å². The van der Waals surface area contributed by atoms with E-state index in [2.05, 4.69) is 5.32 Å². The molecule has 2 aromatic carbocycles. The van der Waals surface area contributed by atoms with Gasteiger partial charge in [0.05, 0.1) is 4.92 Å². The average molecular weight is 469 g/mol. The van der Waals surface area contributed by atoms with Gasteiger partial charge in [-0.25, -0.2) is 4.79 Å². The number of amides is 2. The maximum Gasteiger partial charge on any atom is 0.327 e. The van der Waals surface area contributed by atoms with Crippen molar-refractivity contribution in [2.75, 3.05) is 0 Å². The zero-order valence-corrected chi connectivity index (χ0v) is 18.4. The number of hydrogen-bond acceptors (Lipinski definition) is 7. The highest BCUT2D eigenvalue weighted by Gasteiger charge is 2.64. The van der Waals surface area contributed by atoms with E-state index in [9.17, 15) is 34.4 Å². The lowest BCUT2D eigenvalue weighted by atomic mass is 9.96. The zero-order chi connectivity index (χ0) is 24.1. The molecule has 33 heavy (non-hydrogen) atoms. The number of nitro benzene ring substituents is 1. The Kier molecular flexibility index (Phi) is 5.44. The largest absolute Gasteiger partial charge is 0.480 e. The Morgan fingerprint density at radius 3 is 2.06 bits per heavy atom. The third-order valence-electron chi connectivity index (χ3n) is 5.71. The molecule has 0 radical (unpaired) electrons. The summed E-state index contributed by atoms with van der Waals surface area (Å²) in [6.45, 7) is 3.50. The van der Waals surface area contributed by atoms with Gasteiger partial charge in [-0.05, 0) is 38.1 Å². The molecule has 2 aliphatic rings. The molecule has 0 aliphatic carbocycles. The van der Waals surface area contributed by atoms with Crippen LogP contribution in [-0.2, 0) is 9.59 Å². The number of carbonyl (C=O) groups is 4. The Balaban J connectivity index is 1.43. The summed E-state index contributed by atoms with van der Waals surface area (Å²) >= 11 is 1.33. The predicted octanol–water partition coefficient (Wildman–Crippen LogP) is 2.07. The average Bonchev–Trinajstić information content (AvgIpc) is 3.04. The number of carboxylic acids is 1. The number of β-lactam (4-membered cyclic amide) rings is 1. The molecule has 2 aliphatic heterocycles. The molecule has 2 heterocycles. The molecular weight excluding hydrogens is 450 g/mol. The number of nitrogens with one attached hydrogen (secondary N) is 1. The first-order chi connectivity index (χ1) is 15.5. The van der Waals surface area contributed by atoms with Crippen molar-refractivity contribution in [1.82, 2.24) is 10.2 Å². The molecule has 3 atom stereocenters. The van der Waals surface area contributed by atoms with Crippen LogP contribution in [0.25, 0.3) is 0 Å². The molecule has 0 bridgehead atoms. The number of fused-ring (bicyclic) bond motifs is 1. The van der Waals surface area contributed by atoms with Gasteiger partial charge in [0.1, 0.15) is 17.5 Å². The van der Waals surface area contributed by atoms with Crippen LogP contribution in [0.3, 0.4) is 0 Å². The van der Waals surface area contributed by atoms with E-state index < -0.39 is 44.9 Å². The number of carboxylic acid groups (broad SMARTS) is 1. The quantitative estimate of drug-likeness (QED) is 0.283. The molecule has 0 saturated carbocycles. The van der Waals surface area contributed by atoms with Crippen molar-refractivity contribution >= 4 is 41.0 Å². The first-order valence-corrected chi connectivity index (χ1v) is 10.8. The van der Waals surface area contributed by atoms with Crippen LogP contribution in [0.15, 0.2) is 48.5 Å². The van der Waals surface area contributed by atoms with Crippen LogP contribution in [0.4, 0.5) is 5.69 Å². The Bertz CT molecular complexity index is 1180. The summed E-state index contributed by atoms with van der Waals surface area (Å²) in [4.78, 5) is 60.8. The molecular formula is C22H19N3O7S. The number of rotatable bonds is 6. The Morgan fingerprint density at radius 2 is 1.55 bits per heavy atom. The van der Waals surface area contributed by atoms with Gasteiger partial charge in [-0.15, -0.1) is 11.8 Å². The van der Waals surface area contributed by atoms with E-state index in [4.69, 9.17) is 0 Å². The molecule has 2 fully saturated rings. The molecule has 2 aromatic rings. The first-order valence-electron chi connectivity index (χ1n) is 9.94. The summed E-state index contributed by atoms with van der Waals surface area (Å²) in [6.07, 6.45) is 0. The first kappa shape index (κ1) is 22.5. The van der Waals surface area contributed by atoms with Crippen LogP contribution >= 0.6 is 11.8 Å². The smallest absolute Gasteiger partial charge is 0.327 e. The van der Waals surface area contributed by atoms with Gasteiger partial charge < -0.3 is 15.3 Å². The number of nitro groups is 1. The molecule has 170 valence electrons. The van der Waals surface area contributed by atoms with E-state index in [1.807, 2.05) is 0 Å². The van der Waals surface area contributed by atoms with Gasteiger partial charge in [0.25, 0.3) is 11.6 Å². The van der Waals surface area contributed by atoms with Crippen LogP contribution in [-0.4, -0.2) is 60.7 Å². The fraction of sp³-hybridized carbons (Fsp3) is 0.273. The highest BCUT2D eigenvalue weighted by Crippen LogP contribution is 2.50. The summed E-state index contributed by atoms with van der Waals surface area (Å²) in [5.74, 6) is -2.39. The Hall–Kier alpha value is -3.73. The summed E-state index contributed by atoms with van der Waals surface area (Å²) < 4.78 is -0.689. The second-order valence-corrected chi connectivity index (χ2v) is 10.0. The topological polar surface area (TPSA) is 147 Å². The van der Waals surface area contributed by atoms with Crippen LogP contribution < -0.4 is 5.32 Å². The minimum atomic E-state index is -1.08. The van der Waals surface area contributed by atoms with E-state index in [0.717, 1.165) is 0 Å². The maximum absolute atomic E-state index is 12.7. The van der Waals surface area contributed by atoms with E-state index in [1.54, 1.807) is 13.8 Å². The molecule has 2 N–H and O–H groups in total. The Labute approximate surface area is 192 Å². The zero-order valence-electron chi connectivity index (χ0n) is 17.6. The normalized spacial score (nSPS) is 22.8. The summed E-state index contributed by atoms with van der Waals surface area (Å²) in [5.41, 5.74) is 0.676. The van der Waals surface area contributed by atoms with E-state index >= 15 is 0 Å². The number of aliphatic carboxylic acids is 1. The van der Waals surface area contributed by atoms with Crippen molar-refractivity contribution in [1.29, 1.82) is 0 Å². The second-order valence-electron chi connectivity index (χ2n) is 8.26. The molecule has 2 amide bonds. The molecule has 0 spiro atoms. The lowest BCUT2D eigenvalue weighted by Crippen LogP contribution is -2.70. The van der Waals surface area contributed by atoms with Gasteiger partial charge >= 0.3 is 5.97 Å². The second kappa shape index (κ2) is 8.00. The van der Waals surface area contributed by atoms with Crippen molar-refractivity contribution in [3.63, 3.8) is 0 Å². The number of nitrogens with zero attached hydrogens (tertiary/aromatic N) is 2. The number of non-ortho nitro benzene ring substituents is 1. The summed E-state index contributed by atoms with van der Waals surface area (Å²) in [5, 5.41) is 22.4. The van der Waals surface area contributed by atoms with E-state index in [1.165, 1.54) is 65.2 Å². The number of benzene rings is 2. The SMILES string of the molecule is CC1(C)S[C@@H]2[C@H](NC(=O)c3ccc(C(=O)c4ccc([N+](=O)[O-])cc4)cc3)C(=O)N2[C@H]1C(=O)O. The van der Waals surface area contributed by atoms with Crippen LogP contribution in [0.5, 0.6) is 0 Å². The Morgan fingerprint density at radius 1 is 1.03 bits per heavy atom. The van der Waals surface area contributed by atoms with Gasteiger partial charge in [-0.1, -0.05) is 12.1 Å². The third kappa shape index (κ3) is 3.84. The van der Waals surface area contributed by atoms with Gasteiger partial charge in [-0.2, -0.15) is 0 Å². The fourth-order valence-corrected chi connectivity index (χ4v) is 5.67.